The first kappa shape index (κ1) is 57.9. The predicted octanol–water partition coefficient (Wildman–Crippen LogP) is 17.2. The molecule has 0 aromatic carbocycles. The lowest BCUT2D eigenvalue weighted by atomic mass is 10.0. The van der Waals surface area contributed by atoms with Gasteiger partial charge >= 0.3 is 17.9 Å². The lowest BCUT2D eigenvalue weighted by molar-refractivity contribution is -0.167. The Hall–Kier alpha value is -2.11. The Kier molecular flexibility index (Phi) is 47.8. The number of hydrogen-bond acceptors (Lipinski definition) is 6. The summed E-state index contributed by atoms with van der Waals surface area (Å²) < 4.78 is 16.8. The molecular weight excluding hydrogens is 745 g/mol. The molecule has 0 rings (SSSR count). The highest BCUT2D eigenvalue weighted by molar-refractivity contribution is 5.71. The number of allylic oxidation sites excluding steroid dienone is 4. The number of ether oxygens (including phenoxy) is 3. The van der Waals surface area contributed by atoms with E-state index in [-0.39, 0.29) is 31.1 Å². The minimum atomic E-state index is -0.772. The van der Waals surface area contributed by atoms with Crippen LogP contribution in [0.1, 0.15) is 284 Å². The minimum absolute atomic E-state index is 0.0721. The van der Waals surface area contributed by atoms with Crippen LogP contribution in [0.2, 0.25) is 0 Å². The fourth-order valence-electron chi connectivity index (χ4n) is 7.72. The Morgan fingerprint density at radius 2 is 0.633 bits per heavy atom. The number of unbranched alkanes of at least 4 members (excludes halogenated alkanes) is 33. The van der Waals surface area contributed by atoms with Crippen molar-refractivity contribution in [3.8, 4) is 0 Å². The van der Waals surface area contributed by atoms with Crippen LogP contribution in [0, 0.1) is 0 Å². The van der Waals surface area contributed by atoms with Crippen LogP contribution in [-0.4, -0.2) is 37.2 Å². The van der Waals surface area contributed by atoms with Gasteiger partial charge in [0.25, 0.3) is 0 Å². The highest BCUT2D eigenvalue weighted by atomic mass is 16.6. The van der Waals surface area contributed by atoms with Crippen molar-refractivity contribution in [3.63, 3.8) is 0 Å². The van der Waals surface area contributed by atoms with E-state index in [4.69, 9.17) is 14.2 Å². The summed E-state index contributed by atoms with van der Waals surface area (Å²) in [5.41, 5.74) is 0. The van der Waals surface area contributed by atoms with Crippen molar-refractivity contribution in [1.29, 1.82) is 0 Å². The molecule has 1 atom stereocenters. The zero-order valence-electron chi connectivity index (χ0n) is 40.2. The van der Waals surface area contributed by atoms with Crippen molar-refractivity contribution in [2.75, 3.05) is 13.2 Å². The minimum Gasteiger partial charge on any atom is -0.462 e. The first-order valence-electron chi connectivity index (χ1n) is 26.3. The maximum Gasteiger partial charge on any atom is 0.306 e. The fraction of sp³-hybridized carbons (Fsp3) is 0.870. The number of rotatable bonds is 48. The number of esters is 3. The van der Waals surface area contributed by atoms with Gasteiger partial charge in [-0.1, -0.05) is 244 Å². The van der Waals surface area contributed by atoms with E-state index < -0.39 is 6.10 Å². The Morgan fingerprint density at radius 3 is 0.983 bits per heavy atom. The van der Waals surface area contributed by atoms with E-state index in [1.807, 2.05) is 0 Å². The molecule has 0 saturated carbocycles. The SMILES string of the molecule is CCC/C=C\C/C=C\CCCCCCCC(=O)OC(COC(=O)CCCCCCCCCCCCCC)COC(=O)CCCCCCCCCCCCCCCCCCC. The summed E-state index contributed by atoms with van der Waals surface area (Å²) in [7, 11) is 0. The van der Waals surface area contributed by atoms with E-state index in [2.05, 4.69) is 45.1 Å². The van der Waals surface area contributed by atoms with E-state index >= 15 is 0 Å². The molecule has 6 heteroatoms. The zero-order valence-corrected chi connectivity index (χ0v) is 40.2. The molecule has 0 radical (unpaired) electrons. The summed E-state index contributed by atoms with van der Waals surface area (Å²) in [4.78, 5) is 37.9. The molecule has 0 heterocycles. The van der Waals surface area contributed by atoms with E-state index in [1.54, 1.807) is 0 Å². The van der Waals surface area contributed by atoms with Gasteiger partial charge in [-0.25, -0.2) is 0 Å². The molecule has 0 fully saturated rings. The highest BCUT2D eigenvalue weighted by Crippen LogP contribution is 2.16. The van der Waals surface area contributed by atoms with Gasteiger partial charge in [0.15, 0.2) is 6.10 Å². The second kappa shape index (κ2) is 49.5. The zero-order chi connectivity index (χ0) is 43.7. The monoisotopic (exact) mass is 845 g/mol. The molecule has 1 unspecified atom stereocenters. The number of hydrogen-bond donors (Lipinski definition) is 0. The Bertz CT molecular complexity index is 973. The molecule has 0 aromatic heterocycles. The lowest BCUT2D eigenvalue weighted by Crippen LogP contribution is -2.30. The third kappa shape index (κ3) is 46.9. The topological polar surface area (TPSA) is 78.9 Å². The summed E-state index contributed by atoms with van der Waals surface area (Å²) in [5.74, 6) is -0.872. The Balaban J connectivity index is 4.32. The van der Waals surface area contributed by atoms with Crippen molar-refractivity contribution in [1.82, 2.24) is 0 Å². The molecule has 0 aliphatic heterocycles. The van der Waals surface area contributed by atoms with Gasteiger partial charge in [0, 0.05) is 19.3 Å². The van der Waals surface area contributed by atoms with Crippen molar-refractivity contribution in [2.45, 2.75) is 290 Å². The van der Waals surface area contributed by atoms with Crippen molar-refractivity contribution in [3.05, 3.63) is 24.3 Å². The van der Waals surface area contributed by atoms with Gasteiger partial charge in [-0.2, -0.15) is 0 Å². The molecule has 60 heavy (non-hydrogen) atoms. The summed E-state index contributed by atoms with van der Waals surface area (Å²) in [6, 6.07) is 0. The average molecular weight is 845 g/mol. The summed E-state index contributed by atoms with van der Waals surface area (Å²) in [6.07, 6.45) is 55.9. The average Bonchev–Trinajstić information content (AvgIpc) is 3.24. The van der Waals surface area contributed by atoms with E-state index in [1.165, 1.54) is 154 Å². The molecular formula is C54H100O6. The molecule has 0 aliphatic carbocycles. The molecule has 0 bridgehead atoms. The quantitative estimate of drug-likeness (QED) is 0.0263. The molecule has 6 nitrogen and oxygen atoms in total. The first-order chi connectivity index (χ1) is 29.5. The van der Waals surface area contributed by atoms with Gasteiger partial charge in [-0.05, 0) is 44.9 Å². The van der Waals surface area contributed by atoms with Crippen molar-refractivity contribution >= 4 is 17.9 Å². The lowest BCUT2D eigenvalue weighted by Gasteiger charge is -2.18. The molecule has 0 aromatic rings. The van der Waals surface area contributed by atoms with Crippen molar-refractivity contribution in [2.24, 2.45) is 0 Å². The Morgan fingerprint density at radius 1 is 0.333 bits per heavy atom. The van der Waals surface area contributed by atoms with E-state index in [9.17, 15) is 14.4 Å². The molecule has 0 N–H and O–H groups in total. The molecule has 0 amide bonds. The standard InChI is InChI=1S/C54H100O6/c1-4-7-10-13-16-19-22-25-26-27-28-30-32-35-38-41-44-47-53(56)59-50-51(49-58-52(55)46-43-40-37-34-31-24-21-18-15-12-9-6-3)60-54(57)48-45-42-39-36-33-29-23-20-17-14-11-8-5-2/h11,14,20,23,51H,4-10,12-13,15-19,21-22,24-50H2,1-3H3/b14-11-,23-20-. The third-order valence-electron chi connectivity index (χ3n) is 11.7. The van der Waals surface area contributed by atoms with Gasteiger partial charge in [0.2, 0.25) is 0 Å². The first-order valence-corrected chi connectivity index (χ1v) is 26.3. The van der Waals surface area contributed by atoms with Crippen LogP contribution >= 0.6 is 0 Å². The van der Waals surface area contributed by atoms with Crippen LogP contribution in [-0.2, 0) is 28.6 Å². The van der Waals surface area contributed by atoms with Crippen LogP contribution in [0.5, 0.6) is 0 Å². The van der Waals surface area contributed by atoms with Gasteiger partial charge in [-0.3, -0.25) is 14.4 Å². The van der Waals surface area contributed by atoms with Crippen LogP contribution < -0.4 is 0 Å². The van der Waals surface area contributed by atoms with Crippen LogP contribution in [0.3, 0.4) is 0 Å². The summed E-state index contributed by atoms with van der Waals surface area (Å²) >= 11 is 0. The number of carbonyl (C=O) groups is 3. The normalized spacial score (nSPS) is 12.1. The number of carbonyl (C=O) groups excluding carboxylic acids is 3. The second-order valence-corrected chi connectivity index (χ2v) is 17.8. The highest BCUT2D eigenvalue weighted by Gasteiger charge is 2.19. The van der Waals surface area contributed by atoms with E-state index in [0.29, 0.717) is 19.3 Å². The summed E-state index contributed by atoms with van der Waals surface area (Å²) in [6.45, 7) is 6.59. The van der Waals surface area contributed by atoms with Gasteiger partial charge in [0.05, 0.1) is 0 Å². The predicted molar refractivity (Wildman–Crippen MR) is 256 cm³/mol. The third-order valence-corrected chi connectivity index (χ3v) is 11.7. The second-order valence-electron chi connectivity index (χ2n) is 17.8. The fourth-order valence-corrected chi connectivity index (χ4v) is 7.72. The smallest absolute Gasteiger partial charge is 0.306 e. The largest absolute Gasteiger partial charge is 0.462 e. The molecule has 0 saturated heterocycles. The molecule has 0 aliphatic rings. The van der Waals surface area contributed by atoms with Crippen molar-refractivity contribution < 1.29 is 28.6 Å². The maximum atomic E-state index is 12.8. The van der Waals surface area contributed by atoms with E-state index in [0.717, 1.165) is 89.9 Å². The maximum absolute atomic E-state index is 12.8. The molecule has 0 spiro atoms. The van der Waals surface area contributed by atoms with Gasteiger partial charge in [0.1, 0.15) is 13.2 Å². The molecule has 352 valence electrons. The Labute approximate surface area is 373 Å². The van der Waals surface area contributed by atoms with Crippen LogP contribution in [0.15, 0.2) is 24.3 Å². The van der Waals surface area contributed by atoms with Gasteiger partial charge < -0.3 is 14.2 Å². The van der Waals surface area contributed by atoms with Crippen LogP contribution in [0.4, 0.5) is 0 Å². The van der Waals surface area contributed by atoms with Crippen LogP contribution in [0.25, 0.3) is 0 Å². The summed E-state index contributed by atoms with van der Waals surface area (Å²) in [5, 5.41) is 0. The van der Waals surface area contributed by atoms with Gasteiger partial charge in [-0.15, -0.1) is 0 Å².